The van der Waals surface area contributed by atoms with Crippen LogP contribution in [0.15, 0.2) is 12.4 Å². The van der Waals surface area contributed by atoms with Crippen LogP contribution in [0.2, 0.25) is 0 Å². The molecule has 0 aliphatic rings. The van der Waals surface area contributed by atoms with E-state index in [9.17, 15) is 4.79 Å². The first-order valence-corrected chi connectivity index (χ1v) is 4.17. The van der Waals surface area contributed by atoms with E-state index in [0.717, 1.165) is 5.46 Å². The van der Waals surface area contributed by atoms with Crippen LogP contribution >= 0.6 is 0 Å². The standard InChI is InChI=1S/C8H13BN2O2/c1-8(2,3)13-7(12)9-6-4-10-11-5-6/h4-5,9H,1-3H3,(H,10,11). The molecular formula is C8H13BN2O2. The number of ether oxygens (including phenoxy) is 1. The third-order valence-corrected chi connectivity index (χ3v) is 1.32. The zero-order chi connectivity index (χ0) is 9.90. The summed E-state index contributed by atoms with van der Waals surface area (Å²) < 4.78 is 5.13. The Balaban J connectivity index is 2.43. The maximum Gasteiger partial charge on any atom is 0.296 e. The van der Waals surface area contributed by atoms with E-state index in [0.29, 0.717) is 0 Å². The van der Waals surface area contributed by atoms with E-state index in [4.69, 9.17) is 4.74 Å². The van der Waals surface area contributed by atoms with E-state index in [1.807, 2.05) is 20.8 Å². The minimum atomic E-state index is -0.416. The molecule has 70 valence electrons. The van der Waals surface area contributed by atoms with Crippen LogP contribution in [0, 0.1) is 0 Å². The summed E-state index contributed by atoms with van der Waals surface area (Å²) in [6.45, 7) is 5.54. The number of carbonyl (C=O) groups excluding carboxylic acids is 1. The predicted octanol–water partition coefficient (Wildman–Crippen LogP) is 0.407. The summed E-state index contributed by atoms with van der Waals surface area (Å²) in [6.07, 6.45) is 3.30. The van der Waals surface area contributed by atoms with Crippen LogP contribution in [-0.2, 0) is 4.74 Å². The molecule has 0 saturated heterocycles. The van der Waals surface area contributed by atoms with Gasteiger partial charge in [0.1, 0.15) is 5.60 Å². The summed E-state index contributed by atoms with van der Waals surface area (Å²) >= 11 is 0. The van der Waals surface area contributed by atoms with Crippen molar-refractivity contribution < 1.29 is 9.53 Å². The third-order valence-electron chi connectivity index (χ3n) is 1.32. The summed E-state index contributed by atoms with van der Waals surface area (Å²) in [7, 11) is 0.272. The molecule has 1 heterocycles. The van der Waals surface area contributed by atoms with Gasteiger partial charge in [-0.25, -0.2) is 0 Å². The van der Waals surface area contributed by atoms with Crippen LogP contribution in [0.3, 0.4) is 0 Å². The second-order valence-corrected chi connectivity index (χ2v) is 3.87. The topological polar surface area (TPSA) is 55.0 Å². The average Bonchev–Trinajstić information content (AvgIpc) is 2.34. The third kappa shape index (κ3) is 3.78. The van der Waals surface area contributed by atoms with Crippen LogP contribution in [0.4, 0.5) is 4.79 Å². The zero-order valence-electron chi connectivity index (χ0n) is 8.13. The van der Waals surface area contributed by atoms with E-state index in [2.05, 4.69) is 10.2 Å². The molecule has 4 nitrogen and oxygen atoms in total. The van der Waals surface area contributed by atoms with Gasteiger partial charge in [-0.15, -0.1) is 0 Å². The lowest BCUT2D eigenvalue weighted by Gasteiger charge is -2.19. The molecule has 0 bridgehead atoms. The number of rotatable bonds is 2. The zero-order valence-corrected chi connectivity index (χ0v) is 8.13. The summed E-state index contributed by atoms with van der Waals surface area (Å²) in [5, 5.41) is 6.38. The molecular weight excluding hydrogens is 167 g/mol. The molecule has 0 fully saturated rings. The van der Waals surface area contributed by atoms with E-state index in [1.165, 1.54) is 0 Å². The number of hydrogen-bond donors (Lipinski definition) is 1. The van der Waals surface area contributed by atoms with Crippen molar-refractivity contribution in [1.29, 1.82) is 0 Å². The molecule has 0 aliphatic heterocycles. The number of carbonyl (C=O) groups is 1. The molecule has 0 spiro atoms. The van der Waals surface area contributed by atoms with Crippen LogP contribution < -0.4 is 5.46 Å². The number of H-pyrrole nitrogens is 1. The molecule has 0 saturated carbocycles. The maximum absolute atomic E-state index is 11.3. The highest BCUT2D eigenvalue weighted by atomic mass is 16.5. The van der Waals surface area contributed by atoms with Gasteiger partial charge in [0.25, 0.3) is 13.1 Å². The second-order valence-electron chi connectivity index (χ2n) is 3.87. The lowest BCUT2D eigenvalue weighted by molar-refractivity contribution is 0.0720. The summed E-state index contributed by atoms with van der Waals surface area (Å²) in [4.78, 5) is 11.3. The number of nitrogens with zero attached hydrogens (tertiary/aromatic N) is 1. The van der Waals surface area contributed by atoms with Gasteiger partial charge < -0.3 is 4.74 Å². The van der Waals surface area contributed by atoms with E-state index < -0.39 is 5.60 Å². The van der Waals surface area contributed by atoms with Crippen molar-refractivity contribution in [3.8, 4) is 0 Å². The quantitative estimate of drug-likeness (QED) is 0.670. The molecule has 0 atom stereocenters. The molecule has 0 aromatic carbocycles. The van der Waals surface area contributed by atoms with Crippen LogP contribution in [0.5, 0.6) is 0 Å². The minimum absolute atomic E-state index is 0.228. The van der Waals surface area contributed by atoms with E-state index in [-0.39, 0.29) is 13.1 Å². The van der Waals surface area contributed by atoms with Gasteiger partial charge in [0.05, 0.1) is 0 Å². The highest BCUT2D eigenvalue weighted by molar-refractivity contribution is 6.82. The van der Waals surface area contributed by atoms with Gasteiger partial charge in [0.15, 0.2) is 0 Å². The monoisotopic (exact) mass is 180 g/mol. The fourth-order valence-corrected chi connectivity index (χ4v) is 0.919. The van der Waals surface area contributed by atoms with Crippen molar-refractivity contribution in [3.05, 3.63) is 12.4 Å². The normalized spacial score (nSPS) is 11.0. The van der Waals surface area contributed by atoms with Crippen molar-refractivity contribution in [3.63, 3.8) is 0 Å². The molecule has 1 aromatic rings. The molecule has 0 unspecified atom stereocenters. The first kappa shape index (κ1) is 9.83. The van der Waals surface area contributed by atoms with Gasteiger partial charge in [-0.2, -0.15) is 5.10 Å². The smallest absolute Gasteiger partial charge is 0.296 e. The molecule has 0 aliphatic carbocycles. The Morgan fingerprint density at radius 2 is 2.31 bits per heavy atom. The van der Waals surface area contributed by atoms with Crippen molar-refractivity contribution in [2.45, 2.75) is 26.4 Å². The Kier molecular flexibility index (Phi) is 2.75. The number of nitrogens with one attached hydrogen (secondary N) is 1. The maximum atomic E-state index is 11.3. The molecule has 5 heteroatoms. The van der Waals surface area contributed by atoms with E-state index >= 15 is 0 Å². The van der Waals surface area contributed by atoms with Crippen LogP contribution in [0.25, 0.3) is 0 Å². The van der Waals surface area contributed by atoms with Gasteiger partial charge in [0, 0.05) is 12.4 Å². The molecule has 1 N–H and O–H groups in total. The Morgan fingerprint density at radius 1 is 1.62 bits per heavy atom. The number of aromatic nitrogens is 2. The van der Waals surface area contributed by atoms with Crippen molar-refractivity contribution >= 4 is 18.6 Å². The van der Waals surface area contributed by atoms with Crippen LogP contribution in [0.1, 0.15) is 20.8 Å². The van der Waals surface area contributed by atoms with Gasteiger partial charge in [-0.1, -0.05) is 0 Å². The van der Waals surface area contributed by atoms with Gasteiger partial charge in [-0.3, -0.25) is 9.89 Å². The molecule has 0 amide bonds. The molecule has 1 aromatic heterocycles. The SMILES string of the molecule is CC(C)(C)OC(=O)Bc1cn[nH]c1. The van der Waals surface area contributed by atoms with E-state index in [1.54, 1.807) is 12.4 Å². The number of hydrogen-bond acceptors (Lipinski definition) is 3. The lowest BCUT2D eigenvalue weighted by Crippen LogP contribution is -2.31. The highest BCUT2D eigenvalue weighted by Gasteiger charge is 2.17. The predicted molar refractivity (Wildman–Crippen MR) is 51.6 cm³/mol. The summed E-state index contributed by atoms with van der Waals surface area (Å²) in [5.74, 6) is -0.228. The van der Waals surface area contributed by atoms with Gasteiger partial charge in [0.2, 0.25) is 0 Å². The Morgan fingerprint density at radius 3 is 2.77 bits per heavy atom. The van der Waals surface area contributed by atoms with Gasteiger partial charge >= 0.3 is 0 Å². The molecule has 13 heavy (non-hydrogen) atoms. The highest BCUT2D eigenvalue weighted by Crippen LogP contribution is 2.06. The first-order chi connectivity index (χ1) is 5.97. The van der Waals surface area contributed by atoms with Gasteiger partial charge in [-0.05, 0) is 26.2 Å². The Hall–Kier alpha value is -1.26. The van der Waals surface area contributed by atoms with Crippen LogP contribution in [-0.4, -0.2) is 28.9 Å². The lowest BCUT2D eigenvalue weighted by atomic mass is 9.72. The Labute approximate surface area is 77.9 Å². The summed E-state index contributed by atoms with van der Waals surface area (Å²) in [5.41, 5.74) is 0.426. The minimum Gasteiger partial charge on any atom is -0.468 e. The largest absolute Gasteiger partial charge is 0.468 e. The second kappa shape index (κ2) is 3.64. The summed E-state index contributed by atoms with van der Waals surface area (Å²) in [6, 6.07) is 0. The first-order valence-electron chi connectivity index (χ1n) is 4.17. The van der Waals surface area contributed by atoms with Crippen molar-refractivity contribution in [2.75, 3.05) is 0 Å². The van der Waals surface area contributed by atoms with Crippen molar-refractivity contribution in [2.24, 2.45) is 0 Å². The molecule has 0 radical (unpaired) electrons. The van der Waals surface area contributed by atoms with Crippen molar-refractivity contribution in [1.82, 2.24) is 10.2 Å². The fraction of sp³-hybridized carbons (Fsp3) is 0.500. The Bertz CT molecular complexity index is 277. The number of aromatic amines is 1. The molecule has 1 rings (SSSR count). The fourth-order valence-electron chi connectivity index (χ4n) is 0.919. The average molecular weight is 180 g/mol.